The molecule has 0 spiro atoms. The second kappa shape index (κ2) is 5.75. The van der Waals surface area contributed by atoms with Gasteiger partial charge in [-0.2, -0.15) is 0 Å². The Balaban J connectivity index is 2.01. The van der Waals surface area contributed by atoms with Gasteiger partial charge in [0.25, 0.3) is 0 Å². The summed E-state index contributed by atoms with van der Waals surface area (Å²) in [5.74, 6) is -0.162. The first-order valence-electron chi connectivity index (χ1n) is 4.88. The summed E-state index contributed by atoms with van der Waals surface area (Å²) in [6.45, 7) is 0. The number of amides is 1. The molecule has 0 aliphatic carbocycles. The van der Waals surface area contributed by atoms with E-state index in [2.05, 4.69) is 26.2 Å². The summed E-state index contributed by atoms with van der Waals surface area (Å²) in [4.78, 5) is 16.6. The van der Waals surface area contributed by atoms with E-state index < -0.39 is 0 Å². The molecule has 0 aliphatic heterocycles. The molecule has 1 amide bonds. The molecule has 17 heavy (non-hydrogen) atoms. The van der Waals surface area contributed by atoms with Crippen molar-refractivity contribution in [1.29, 1.82) is 0 Å². The minimum Gasteiger partial charge on any atom is -0.321 e. The molecule has 86 valence electrons. The maximum Gasteiger partial charge on any atom is 0.248 e. The van der Waals surface area contributed by atoms with Gasteiger partial charge in [-0.25, -0.2) is 0 Å². The van der Waals surface area contributed by atoms with Gasteiger partial charge in [-0.05, 0) is 39.5 Å². The molecule has 0 radical (unpaired) electrons. The number of carbonyl (C=O) groups excluding carboxylic acids is 1. The normalized spacial score (nSPS) is 10.6. The number of aromatic nitrogens is 1. The van der Waals surface area contributed by atoms with Crippen molar-refractivity contribution in [2.24, 2.45) is 0 Å². The lowest BCUT2D eigenvalue weighted by Crippen LogP contribution is -2.08. The van der Waals surface area contributed by atoms with E-state index in [1.165, 1.54) is 6.08 Å². The molecule has 0 aromatic carbocycles. The van der Waals surface area contributed by atoms with Gasteiger partial charge in [-0.15, -0.1) is 11.3 Å². The molecular formula is C12H9BrN2OS. The van der Waals surface area contributed by atoms with Crippen LogP contribution in [0, 0.1) is 0 Å². The lowest BCUT2D eigenvalue weighted by molar-refractivity contribution is -0.111. The monoisotopic (exact) mass is 308 g/mol. The third-order valence-corrected chi connectivity index (χ3v) is 3.44. The Morgan fingerprint density at radius 2 is 2.35 bits per heavy atom. The number of halogens is 1. The fraction of sp³-hybridized carbons (Fsp3) is 0. The Morgan fingerprint density at radius 1 is 1.47 bits per heavy atom. The Morgan fingerprint density at radius 3 is 3.06 bits per heavy atom. The van der Waals surface area contributed by atoms with E-state index in [4.69, 9.17) is 0 Å². The van der Waals surface area contributed by atoms with Crippen molar-refractivity contribution in [2.75, 3.05) is 5.32 Å². The molecular weight excluding hydrogens is 300 g/mol. The van der Waals surface area contributed by atoms with Crippen molar-refractivity contribution in [3.05, 3.63) is 51.4 Å². The average molecular weight is 309 g/mol. The Labute approximate surface area is 111 Å². The standard InChI is InChI=1S/C12H9BrN2OS/c13-10-8-14-6-5-11(10)15-12(16)4-3-9-2-1-7-17-9/h1-8H,(H,14,15,16)/b4-3+. The molecule has 3 nitrogen and oxygen atoms in total. The summed E-state index contributed by atoms with van der Waals surface area (Å²) in [5, 5.41) is 4.73. The maximum atomic E-state index is 11.6. The number of carbonyl (C=O) groups is 1. The number of rotatable bonds is 3. The molecule has 0 atom stereocenters. The van der Waals surface area contributed by atoms with Crippen LogP contribution in [-0.2, 0) is 4.79 Å². The number of hydrogen-bond acceptors (Lipinski definition) is 3. The van der Waals surface area contributed by atoms with E-state index in [0.29, 0.717) is 5.69 Å². The summed E-state index contributed by atoms with van der Waals surface area (Å²) in [5.41, 5.74) is 0.709. The van der Waals surface area contributed by atoms with Gasteiger partial charge in [0.1, 0.15) is 0 Å². The summed E-state index contributed by atoms with van der Waals surface area (Å²) >= 11 is 4.90. The number of nitrogens with zero attached hydrogens (tertiary/aromatic N) is 1. The quantitative estimate of drug-likeness (QED) is 0.881. The van der Waals surface area contributed by atoms with Gasteiger partial charge in [0, 0.05) is 23.3 Å². The first-order valence-corrected chi connectivity index (χ1v) is 6.55. The highest BCUT2D eigenvalue weighted by Gasteiger charge is 2.01. The first-order chi connectivity index (χ1) is 8.25. The highest BCUT2D eigenvalue weighted by atomic mass is 79.9. The van der Waals surface area contributed by atoms with Gasteiger partial charge >= 0.3 is 0 Å². The molecule has 0 saturated carbocycles. The number of anilines is 1. The van der Waals surface area contributed by atoms with Gasteiger partial charge in [0.2, 0.25) is 5.91 Å². The van der Waals surface area contributed by atoms with Crippen LogP contribution in [-0.4, -0.2) is 10.9 Å². The third-order valence-electron chi connectivity index (χ3n) is 1.97. The summed E-state index contributed by atoms with van der Waals surface area (Å²) < 4.78 is 0.762. The van der Waals surface area contributed by atoms with Crippen LogP contribution in [0.2, 0.25) is 0 Å². The van der Waals surface area contributed by atoms with E-state index in [9.17, 15) is 4.79 Å². The third kappa shape index (κ3) is 3.51. The highest BCUT2D eigenvalue weighted by molar-refractivity contribution is 9.10. The predicted octanol–water partition coefficient (Wildman–Crippen LogP) is 3.56. The van der Waals surface area contributed by atoms with E-state index >= 15 is 0 Å². The zero-order valence-electron chi connectivity index (χ0n) is 8.76. The second-order valence-corrected chi connectivity index (χ2v) is 5.03. The Kier molecular flexibility index (Phi) is 4.06. The van der Waals surface area contributed by atoms with Gasteiger partial charge in [-0.3, -0.25) is 9.78 Å². The topological polar surface area (TPSA) is 42.0 Å². The molecule has 0 aliphatic rings. The summed E-state index contributed by atoms with van der Waals surface area (Å²) in [6.07, 6.45) is 6.57. The van der Waals surface area contributed by atoms with Crippen molar-refractivity contribution >= 4 is 44.9 Å². The smallest absolute Gasteiger partial charge is 0.248 e. The molecule has 0 fully saturated rings. The minimum absolute atomic E-state index is 0.162. The van der Waals surface area contributed by atoms with Gasteiger partial charge < -0.3 is 5.32 Å². The van der Waals surface area contributed by atoms with Crippen LogP contribution in [0.3, 0.4) is 0 Å². The number of thiophene rings is 1. The van der Waals surface area contributed by atoms with E-state index in [1.807, 2.05) is 17.5 Å². The van der Waals surface area contributed by atoms with Crippen LogP contribution in [0.5, 0.6) is 0 Å². The molecule has 0 saturated heterocycles. The predicted molar refractivity (Wildman–Crippen MR) is 73.9 cm³/mol. The Bertz CT molecular complexity index is 537. The van der Waals surface area contributed by atoms with Crippen LogP contribution in [0.25, 0.3) is 6.08 Å². The fourth-order valence-electron chi connectivity index (χ4n) is 1.19. The van der Waals surface area contributed by atoms with Crippen molar-refractivity contribution in [3.63, 3.8) is 0 Å². The molecule has 1 N–H and O–H groups in total. The Hall–Kier alpha value is -1.46. The molecule has 5 heteroatoms. The lowest BCUT2D eigenvalue weighted by atomic mass is 10.3. The van der Waals surface area contributed by atoms with Crippen LogP contribution in [0.1, 0.15) is 4.88 Å². The number of nitrogens with one attached hydrogen (secondary N) is 1. The van der Waals surface area contributed by atoms with Crippen molar-refractivity contribution < 1.29 is 4.79 Å². The maximum absolute atomic E-state index is 11.6. The van der Waals surface area contributed by atoms with Crippen LogP contribution < -0.4 is 5.32 Å². The van der Waals surface area contributed by atoms with Gasteiger partial charge in [-0.1, -0.05) is 6.07 Å². The molecule has 0 unspecified atom stereocenters. The average Bonchev–Trinajstić information content (AvgIpc) is 2.82. The molecule has 2 heterocycles. The number of pyridine rings is 1. The van der Waals surface area contributed by atoms with E-state index in [1.54, 1.807) is 35.9 Å². The zero-order chi connectivity index (χ0) is 12.1. The number of hydrogen-bond donors (Lipinski definition) is 1. The van der Waals surface area contributed by atoms with Gasteiger partial charge in [0.15, 0.2) is 0 Å². The molecule has 2 aromatic heterocycles. The molecule has 2 rings (SSSR count). The van der Waals surface area contributed by atoms with E-state index in [0.717, 1.165) is 9.35 Å². The summed E-state index contributed by atoms with van der Waals surface area (Å²) in [6, 6.07) is 5.64. The summed E-state index contributed by atoms with van der Waals surface area (Å²) in [7, 11) is 0. The van der Waals surface area contributed by atoms with Gasteiger partial charge in [0.05, 0.1) is 10.2 Å². The van der Waals surface area contributed by atoms with Crippen LogP contribution in [0.15, 0.2) is 46.5 Å². The van der Waals surface area contributed by atoms with Crippen molar-refractivity contribution in [2.45, 2.75) is 0 Å². The fourth-order valence-corrected chi connectivity index (χ4v) is 2.16. The zero-order valence-corrected chi connectivity index (χ0v) is 11.2. The van der Waals surface area contributed by atoms with Crippen molar-refractivity contribution in [3.8, 4) is 0 Å². The second-order valence-electron chi connectivity index (χ2n) is 3.19. The molecule has 0 bridgehead atoms. The minimum atomic E-state index is -0.162. The van der Waals surface area contributed by atoms with E-state index in [-0.39, 0.29) is 5.91 Å². The van der Waals surface area contributed by atoms with Crippen LogP contribution in [0.4, 0.5) is 5.69 Å². The largest absolute Gasteiger partial charge is 0.321 e. The van der Waals surface area contributed by atoms with Crippen molar-refractivity contribution in [1.82, 2.24) is 4.98 Å². The lowest BCUT2D eigenvalue weighted by Gasteiger charge is -2.03. The van der Waals surface area contributed by atoms with Crippen LogP contribution >= 0.6 is 27.3 Å². The SMILES string of the molecule is O=C(/C=C/c1cccs1)Nc1ccncc1Br. The highest BCUT2D eigenvalue weighted by Crippen LogP contribution is 2.19. The first kappa shape index (κ1) is 12.0. The molecule has 2 aromatic rings.